The van der Waals surface area contributed by atoms with Gasteiger partial charge in [0, 0.05) is 13.0 Å². The molecule has 0 heterocycles. The number of rotatable bonds is 8. The van der Waals surface area contributed by atoms with Crippen molar-refractivity contribution in [1.82, 2.24) is 0 Å². The van der Waals surface area contributed by atoms with E-state index in [1.165, 1.54) is 5.57 Å². The highest BCUT2D eigenvalue weighted by atomic mass is 16.5. The molecule has 21 heavy (non-hydrogen) atoms. The fourth-order valence-corrected chi connectivity index (χ4v) is 1.16. The minimum atomic E-state index is -0.245. The number of hydrogen-bond donors (Lipinski definition) is 1. The average Bonchev–Trinajstić information content (AvgIpc) is 2.39. The van der Waals surface area contributed by atoms with Crippen molar-refractivity contribution >= 4 is 5.91 Å². The molecule has 0 unspecified atom stereocenters. The number of allylic oxidation sites excluding steroid dienone is 1. The van der Waals surface area contributed by atoms with Gasteiger partial charge in [0.1, 0.15) is 0 Å². The number of carbonyl (C=O) groups excluding carboxylic acids is 1. The molecule has 0 aliphatic heterocycles. The number of carbonyl (C=O) groups is 1. The Morgan fingerprint density at radius 2 is 1.71 bits per heavy atom. The summed E-state index contributed by atoms with van der Waals surface area (Å²) in [5.74, 6) is 0.483. The maximum absolute atomic E-state index is 9.59. The maximum Gasteiger partial charge on any atom is 0.217 e. The fraction of sp³-hybridized carbons (Fsp3) is 0.833. The van der Waals surface area contributed by atoms with E-state index in [2.05, 4.69) is 46.9 Å². The molecule has 128 valence electrons. The molecule has 3 heteroatoms. The largest absolute Gasteiger partial charge is 0.376 e. The Labute approximate surface area is 133 Å². The molecule has 0 spiro atoms. The van der Waals surface area contributed by atoms with Crippen LogP contribution >= 0.6 is 0 Å². The van der Waals surface area contributed by atoms with Crippen molar-refractivity contribution in [3.63, 3.8) is 0 Å². The zero-order chi connectivity index (χ0) is 17.5. The lowest BCUT2D eigenvalue weighted by Gasteiger charge is -2.26. The van der Waals surface area contributed by atoms with Crippen LogP contribution in [0.25, 0.3) is 0 Å². The highest BCUT2D eigenvalue weighted by Crippen LogP contribution is 2.19. The first-order chi connectivity index (χ1) is 9.60. The molecule has 1 amide bonds. The van der Waals surface area contributed by atoms with Crippen molar-refractivity contribution in [3.05, 3.63) is 12.2 Å². The molecule has 0 saturated heterocycles. The van der Waals surface area contributed by atoms with Crippen LogP contribution in [0.1, 0.15) is 81.1 Å². The van der Waals surface area contributed by atoms with E-state index in [1.807, 2.05) is 13.8 Å². The molecule has 0 fully saturated rings. The number of hydrogen-bond acceptors (Lipinski definition) is 2. The number of primary amides is 1. The third-order valence-electron chi connectivity index (χ3n) is 2.69. The van der Waals surface area contributed by atoms with Crippen molar-refractivity contribution in [2.45, 2.75) is 86.7 Å². The van der Waals surface area contributed by atoms with Crippen LogP contribution in [0.5, 0.6) is 0 Å². The zero-order valence-corrected chi connectivity index (χ0v) is 15.7. The Balaban J connectivity index is -0.000000389. The normalized spacial score (nSPS) is 10.1. The molecule has 0 saturated carbocycles. The number of nitrogens with two attached hydrogens (primary N) is 1. The van der Waals surface area contributed by atoms with Crippen molar-refractivity contribution < 1.29 is 9.53 Å². The summed E-state index contributed by atoms with van der Waals surface area (Å²) in [6, 6.07) is 0. The summed E-state index contributed by atoms with van der Waals surface area (Å²) >= 11 is 0. The SMILES string of the molecule is C=C(C)CCC(C)(C)OCCC(C)C.CC.CCC(N)=O. The second kappa shape index (κ2) is 15.6. The van der Waals surface area contributed by atoms with Crippen LogP contribution in [0.4, 0.5) is 0 Å². The summed E-state index contributed by atoms with van der Waals surface area (Å²) < 4.78 is 5.85. The van der Waals surface area contributed by atoms with E-state index < -0.39 is 0 Å². The van der Waals surface area contributed by atoms with Crippen LogP contribution in [-0.4, -0.2) is 18.1 Å². The van der Waals surface area contributed by atoms with Crippen LogP contribution < -0.4 is 5.73 Å². The Morgan fingerprint density at radius 3 is 2.00 bits per heavy atom. The summed E-state index contributed by atoms with van der Waals surface area (Å²) in [7, 11) is 0. The standard InChI is InChI=1S/C13H26O.C3H7NO.C2H6/c1-11(2)7-9-13(5,6)14-10-8-12(3)4;1-2-3(4)5;1-2/h12H,1,7-10H2,2-6H3;2H2,1H3,(H2,4,5);1-2H3. The van der Waals surface area contributed by atoms with Gasteiger partial charge in [-0.05, 0) is 46.0 Å². The van der Waals surface area contributed by atoms with E-state index in [-0.39, 0.29) is 11.5 Å². The molecule has 0 aromatic heterocycles. The Hall–Kier alpha value is -0.830. The van der Waals surface area contributed by atoms with Gasteiger partial charge in [-0.3, -0.25) is 4.79 Å². The second-order valence-electron chi connectivity index (χ2n) is 6.07. The molecular weight excluding hydrogens is 262 g/mol. The van der Waals surface area contributed by atoms with Crippen molar-refractivity contribution in [2.75, 3.05) is 6.61 Å². The summed E-state index contributed by atoms with van der Waals surface area (Å²) in [6.07, 6.45) is 3.73. The van der Waals surface area contributed by atoms with Gasteiger partial charge in [-0.15, -0.1) is 6.58 Å². The molecule has 0 bridgehead atoms. The van der Waals surface area contributed by atoms with Gasteiger partial charge in [0.15, 0.2) is 0 Å². The lowest BCUT2D eigenvalue weighted by molar-refractivity contribution is -0.117. The first kappa shape index (κ1) is 25.1. The number of ether oxygens (including phenoxy) is 1. The van der Waals surface area contributed by atoms with E-state index in [0.29, 0.717) is 6.42 Å². The van der Waals surface area contributed by atoms with E-state index in [0.717, 1.165) is 31.8 Å². The van der Waals surface area contributed by atoms with Crippen LogP contribution in [0, 0.1) is 5.92 Å². The van der Waals surface area contributed by atoms with Gasteiger partial charge in [0.05, 0.1) is 5.60 Å². The lowest BCUT2D eigenvalue weighted by atomic mass is 9.99. The van der Waals surface area contributed by atoms with Gasteiger partial charge < -0.3 is 10.5 Å². The van der Waals surface area contributed by atoms with Gasteiger partial charge in [-0.25, -0.2) is 0 Å². The third kappa shape index (κ3) is 28.1. The Bertz CT molecular complexity index is 258. The van der Waals surface area contributed by atoms with E-state index in [4.69, 9.17) is 4.74 Å². The van der Waals surface area contributed by atoms with Crippen molar-refractivity contribution in [1.29, 1.82) is 0 Å². The van der Waals surface area contributed by atoms with Crippen LogP contribution in [0.2, 0.25) is 0 Å². The molecule has 3 nitrogen and oxygen atoms in total. The summed E-state index contributed by atoms with van der Waals surface area (Å²) in [5.41, 5.74) is 5.90. The molecule has 0 aliphatic carbocycles. The van der Waals surface area contributed by atoms with Gasteiger partial charge in [0.25, 0.3) is 0 Å². The monoisotopic (exact) mass is 301 g/mol. The molecule has 0 rings (SSSR count). The highest BCUT2D eigenvalue weighted by molar-refractivity contribution is 5.73. The lowest BCUT2D eigenvalue weighted by Crippen LogP contribution is -2.25. The number of amides is 1. The Morgan fingerprint density at radius 1 is 1.29 bits per heavy atom. The zero-order valence-electron chi connectivity index (χ0n) is 15.7. The van der Waals surface area contributed by atoms with Gasteiger partial charge >= 0.3 is 0 Å². The van der Waals surface area contributed by atoms with Crippen molar-refractivity contribution in [2.24, 2.45) is 11.7 Å². The van der Waals surface area contributed by atoms with Gasteiger partial charge in [-0.2, -0.15) is 0 Å². The third-order valence-corrected chi connectivity index (χ3v) is 2.69. The first-order valence-electron chi connectivity index (χ1n) is 8.17. The van der Waals surface area contributed by atoms with E-state index >= 15 is 0 Å². The molecule has 0 aromatic rings. The minimum Gasteiger partial charge on any atom is -0.376 e. The Kier molecular flexibility index (Phi) is 18.6. The molecule has 0 atom stereocenters. The summed E-state index contributed by atoms with van der Waals surface area (Å²) in [6.45, 7) is 21.4. The fourth-order valence-electron chi connectivity index (χ4n) is 1.16. The van der Waals surface area contributed by atoms with Gasteiger partial charge in [-0.1, -0.05) is 40.2 Å². The van der Waals surface area contributed by atoms with Crippen LogP contribution in [-0.2, 0) is 9.53 Å². The molecular formula is C18H39NO2. The van der Waals surface area contributed by atoms with Crippen LogP contribution in [0.15, 0.2) is 12.2 Å². The molecule has 0 aromatic carbocycles. The average molecular weight is 302 g/mol. The van der Waals surface area contributed by atoms with Crippen molar-refractivity contribution in [3.8, 4) is 0 Å². The van der Waals surface area contributed by atoms with Crippen LogP contribution in [0.3, 0.4) is 0 Å². The topological polar surface area (TPSA) is 52.3 Å². The summed E-state index contributed by atoms with van der Waals surface area (Å²) in [5, 5.41) is 0. The predicted octanol–water partition coefficient (Wildman–Crippen LogP) is 5.09. The quantitative estimate of drug-likeness (QED) is 0.635. The predicted molar refractivity (Wildman–Crippen MR) is 94.4 cm³/mol. The molecule has 0 radical (unpaired) electrons. The van der Waals surface area contributed by atoms with E-state index in [9.17, 15) is 4.79 Å². The second-order valence-corrected chi connectivity index (χ2v) is 6.07. The summed E-state index contributed by atoms with van der Waals surface area (Å²) in [4.78, 5) is 9.59. The molecule has 2 N–H and O–H groups in total. The molecule has 0 aliphatic rings. The smallest absolute Gasteiger partial charge is 0.217 e. The minimum absolute atomic E-state index is 0.00778. The maximum atomic E-state index is 9.59. The first-order valence-corrected chi connectivity index (χ1v) is 8.17. The van der Waals surface area contributed by atoms with Gasteiger partial charge in [0.2, 0.25) is 5.91 Å². The van der Waals surface area contributed by atoms with E-state index in [1.54, 1.807) is 6.92 Å². The highest BCUT2D eigenvalue weighted by Gasteiger charge is 2.17.